The maximum Gasteiger partial charge on any atom is 0.472 e. The number of esters is 4. The van der Waals surface area contributed by atoms with Crippen LogP contribution in [-0.2, 0) is 65.4 Å². The predicted molar refractivity (Wildman–Crippen MR) is 349 cm³/mol. The van der Waals surface area contributed by atoms with Crippen LogP contribution in [-0.4, -0.2) is 96.7 Å². The summed E-state index contributed by atoms with van der Waals surface area (Å²) < 4.78 is 68.1. The van der Waals surface area contributed by atoms with Crippen LogP contribution in [0.2, 0.25) is 0 Å². The molecule has 17 nitrogen and oxygen atoms in total. The minimum Gasteiger partial charge on any atom is -0.462 e. The van der Waals surface area contributed by atoms with E-state index in [-0.39, 0.29) is 25.7 Å². The maximum atomic E-state index is 13.0. The number of phosphoric acid groups is 2. The topological polar surface area (TPSA) is 237 Å². The third-order valence-electron chi connectivity index (χ3n) is 16.1. The fraction of sp³-hybridized carbons (Fsp3) is 0.941. The van der Waals surface area contributed by atoms with Gasteiger partial charge in [0.2, 0.25) is 0 Å². The molecule has 0 fully saturated rings. The first-order valence-electron chi connectivity index (χ1n) is 35.7. The van der Waals surface area contributed by atoms with E-state index >= 15 is 0 Å². The Morgan fingerprint density at radius 3 is 0.816 bits per heavy atom. The van der Waals surface area contributed by atoms with Crippen molar-refractivity contribution in [2.24, 2.45) is 5.92 Å². The van der Waals surface area contributed by atoms with Gasteiger partial charge < -0.3 is 33.8 Å². The number of hydrogen-bond donors (Lipinski definition) is 3. The van der Waals surface area contributed by atoms with Gasteiger partial charge in [-0.1, -0.05) is 298 Å². The molecule has 516 valence electrons. The van der Waals surface area contributed by atoms with Crippen LogP contribution in [0.15, 0.2) is 0 Å². The Morgan fingerprint density at radius 1 is 0.322 bits per heavy atom. The molecule has 0 saturated heterocycles. The van der Waals surface area contributed by atoms with Gasteiger partial charge in [-0.15, -0.1) is 0 Å². The molecular weight excluding hydrogens is 1150 g/mol. The van der Waals surface area contributed by atoms with E-state index in [0.29, 0.717) is 25.7 Å². The Labute approximate surface area is 530 Å². The Morgan fingerprint density at radius 2 is 0.552 bits per heavy atom. The Balaban J connectivity index is 5.16. The van der Waals surface area contributed by atoms with Crippen LogP contribution in [0.3, 0.4) is 0 Å². The lowest BCUT2D eigenvalue weighted by atomic mass is 10.00. The molecule has 0 spiro atoms. The molecule has 0 rings (SSSR count). The van der Waals surface area contributed by atoms with Crippen LogP contribution in [0, 0.1) is 5.92 Å². The summed E-state index contributed by atoms with van der Waals surface area (Å²) in [6.07, 6.45) is 47.3. The molecule has 0 saturated carbocycles. The van der Waals surface area contributed by atoms with Crippen LogP contribution >= 0.6 is 15.6 Å². The number of aliphatic hydroxyl groups is 1. The average Bonchev–Trinajstić information content (AvgIpc) is 3.64. The van der Waals surface area contributed by atoms with Crippen LogP contribution in [0.1, 0.15) is 349 Å². The molecule has 0 aromatic heterocycles. The summed E-state index contributed by atoms with van der Waals surface area (Å²) in [5.41, 5.74) is 0. The van der Waals surface area contributed by atoms with Gasteiger partial charge in [-0.25, -0.2) is 9.13 Å². The largest absolute Gasteiger partial charge is 0.472 e. The molecule has 87 heavy (non-hydrogen) atoms. The van der Waals surface area contributed by atoms with Gasteiger partial charge in [0.25, 0.3) is 0 Å². The molecule has 3 unspecified atom stereocenters. The van der Waals surface area contributed by atoms with E-state index in [9.17, 15) is 43.2 Å². The molecule has 0 aliphatic heterocycles. The first kappa shape index (κ1) is 85.1. The number of ether oxygens (including phenoxy) is 4. The van der Waals surface area contributed by atoms with Crippen molar-refractivity contribution in [2.45, 2.75) is 368 Å². The van der Waals surface area contributed by atoms with Crippen molar-refractivity contribution in [1.82, 2.24) is 0 Å². The second kappa shape index (κ2) is 61.6. The van der Waals surface area contributed by atoms with Crippen molar-refractivity contribution in [1.29, 1.82) is 0 Å². The molecule has 0 amide bonds. The van der Waals surface area contributed by atoms with Gasteiger partial charge in [-0.3, -0.25) is 37.3 Å². The standard InChI is InChI=1S/C68H132O17P2/c1-6-10-13-16-19-22-24-25-26-27-28-29-30-31-32-34-37-44-49-54-68(73)85-64(58-79-66(71)52-47-42-39-38-40-45-50-61(5)9-4)60-83-87(76,77)81-56-62(69)55-80-86(74,75)82-59-63(57-78-65(70)51-46-41-35-21-18-15-12-8-3)84-67(72)53-48-43-36-33-23-20-17-14-11-7-2/h61-64,69H,6-60H2,1-5H3,(H,74,75)(H,76,77)/t61?,62-,63+,64+/m0/s1. The van der Waals surface area contributed by atoms with E-state index < -0.39 is 97.5 Å². The molecule has 0 aliphatic carbocycles. The number of aliphatic hydroxyl groups excluding tert-OH is 1. The molecule has 0 radical (unpaired) electrons. The Kier molecular flexibility index (Phi) is 60.2. The molecule has 0 aromatic rings. The van der Waals surface area contributed by atoms with E-state index in [0.717, 1.165) is 109 Å². The fourth-order valence-electron chi connectivity index (χ4n) is 10.3. The van der Waals surface area contributed by atoms with Crippen LogP contribution in [0.5, 0.6) is 0 Å². The van der Waals surface area contributed by atoms with Crippen LogP contribution in [0.4, 0.5) is 0 Å². The quantitative estimate of drug-likeness (QED) is 0.0222. The second-order valence-electron chi connectivity index (χ2n) is 24.8. The predicted octanol–water partition coefficient (Wildman–Crippen LogP) is 19.4. The van der Waals surface area contributed by atoms with Gasteiger partial charge in [0, 0.05) is 25.7 Å². The molecule has 6 atom stereocenters. The highest BCUT2D eigenvalue weighted by atomic mass is 31.2. The zero-order chi connectivity index (χ0) is 64.2. The molecule has 19 heteroatoms. The average molecular weight is 1280 g/mol. The van der Waals surface area contributed by atoms with Crippen LogP contribution in [0.25, 0.3) is 0 Å². The van der Waals surface area contributed by atoms with Crippen molar-refractivity contribution in [3.63, 3.8) is 0 Å². The van der Waals surface area contributed by atoms with Gasteiger partial charge in [-0.05, 0) is 31.6 Å². The number of carbonyl (C=O) groups is 4. The fourth-order valence-corrected chi connectivity index (χ4v) is 11.8. The first-order chi connectivity index (χ1) is 42.1. The third kappa shape index (κ3) is 61.3. The molecule has 0 heterocycles. The van der Waals surface area contributed by atoms with E-state index in [4.69, 9.17) is 37.0 Å². The van der Waals surface area contributed by atoms with Gasteiger partial charge in [0.15, 0.2) is 12.2 Å². The Bertz CT molecular complexity index is 1690. The van der Waals surface area contributed by atoms with Crippen molar-refractivity contribution in [3.05, 3.63) is 0 Å². The lowest BCUT2D eigenvalue weighted by molar-refractivity contribution is -0.161. The summed E-state index contributed by atoms with van der Waals surface area (Å²) in [6.45, 7) is 7.15. The van der Waals surface area contributed by atoms with Gasteiger partial charge >= 0.3 is 39.5 Å². The zero-order valence-corrected chi connectivity index (χ0v) is 57.9. The number of carbonyl (C=O) groups excluding carboxylic acids is 4. The van der Waals surface area contributed by atoms with E-state index in [1.807, 2.05) is 0 Å². The molecule has 3 N–H and O–H groups in total. The summed E-state index contributed by atoms with van der Waals surface area (Å²) >= 11 is 0. The molecule has 0 aromatic carbocycles. The number of rotatable bonds is 68. The second-order valence-corrected chi connectivity index (χ2v) is 27.7. The van der Waals surface area contributed by atoms with Gasteiger partial charge in [0.05, 0.1) is 26.4 Å². The summed E-state index contributed by atoms with van der Waals surface area (Å²) in [7, 11) is -9.89. The SMILES string of the molecule is CCCCCCCCCCCCCCCCCCCCCC(=O)O[C@H](COC(=O)CCCCCCCCC(C)CC)COP(=O)(O)OC[C@@H](O)COP(=O)(O)OC[C@@H](COC(=O)CCCCCCCCCC)OC(=O)CCCCCCCCCCCC. The van der Waals surface area contributed by atoms with Crippen LogP contribution < -0.4 is 0 Å². The molecule has 0 bridgehead atoms. The minimum absolute atomic E-state index is 0.106. The number of unbranched alkanes of at least 4 members (excludes halogenated alkanes) is 39. The smallest absolute Gasteiger partial charge is 0.462 e. The summed E-state index contributed by atoms with van der Waals surface area (Å²) in [5, 5.41) is 10.6. The van der Waals surface area contributed by atoms with Crippen molar-refractivity contribution in [2.75, 3.05) is 39.6 Å². The van der Waals surface area contributed by atoms with E-state index in [1.54, 1.807) is 0 Å². The van der Waals surface area contributed by atoms with Crippen molar-refractivity contribution >= 4 is 39.5 Å². The maximum absolute atomic E-state index is 13.0. The van der Waals surface area contributed by atoms with Gasteiger partial charge in [0.1, 0.15) is 19.3 Å². The zero-order valence-electron chi connectivity index (χ0n) is 56.2. The summed E-state index contributed by atoms with van der Waals surface area (Å²) in [4.78, 5) is 72.3. The van der Waals surface area contributed by atoms with Crippen molar-refractivity contribution < 1.29 is 80.2 Å². The highest BCUT2D eigenvalue weighted by Gasteiger charge is 2.30. The monoisotopic (exact) mass is 1280 g/mol. The highest BCUT2D eigenvalue weighted by Crippen LogP contribution is 2.45. The van der Waals surface area contributed by atoms with Crippen molar-refractivity contribution in [3.8, 4) is 0 Å². The Hall–Kier alpha value is -1.94. The normalized spacial score (nSPS) is 14.4. The molecule has 0 aliphatic rings. The first-order valence-corrected chi connectivity index (χ1v) is 38.7. The highest BCUT2D eigenvalue weighted by molar-refractivity contribution is 7.47. The van der Waals surface area contributed by atoms with E-state index in [1.165, 1.54) is 161 Å². The lowest BCUT2D eigenvalue weighted by Crippen LogP contribution is -2.30. The third-order valence-corrected chi connectivity index (χ3v) is 18.0. The summed E-state index contributed by atoms with van der Waals surface area (Å²) in [6, 6.07) is 0. The number of hydrogen-bond acceptors (Lipinski definition) is 15. The lowest BCUT2D eigenvalue weighted by Gasteiger charge is -2.21. The minimum atomic E-state index is -4.95. The molecular formula is C68H132O17P2. The summed E-state index contributed by atoms with van der Waals surface area (Å²) in [5.74, 6) is -1.40. The van der Waals surface area contributed by atoms with Gasteiger partial charge in [-0.2, -0.15) is 0 Å². The number of phosphoric ester groups is 2. The van der Waals surface area contributed by atoms with E-state index in [2.05, 4.69) is 34.6 Å².